The highest BCUT2D eigenvalue weighted by Crippen LogP contribution is 2.30. The van der Waals surface area contributed by atoms with Crippen LogP contribution in [0.1, 0.15) is 12.5 Å². The van der Waals surface area contributed by atoms with E-state index in [4.69, 9.17) is 9.47 Å². The molecule has 0 aliphatic carbocycles. The number of carbonyl (C=O) groups excluding carboxylic acids is 1. The van der Waals surface area contributed by atoms with Crippen molar-refractivity contribution in [3.63, 3.8) is 0 Å². The topological polar surface area (TPSA) is 59.6 Å². The number of fused-ring (bicyclic) bond motifs is 1. The molecule has 2 rings (SSSR count). The summed E-state index contributed by atoms with van der Waals surface area (Å²) in [6.45, 7) is 4.43. The van der Waals surface area contributed by atoms with Crippen LogP contribution in [0.25, 0.3) is 0 Å². The van der Waals surface area contributed by atoms with Crippen LogP contribution >= 0.6 is 12.4 Å². The van der Waals surface area contributed by atoms with Gasteiger partial charge < -0.3 is 20.1 Å². The Morgan fingerprint density at radius 1 is 1.29 bits per heavy atom. The summed E-state index contributed by atoms with van der Waals surface area (Å²) in [6.07, 6.45) is 0.786. The Morgan fingerprint density at radius 3 is 2.71 bits per heavy atom. The van der Waals surface area contributed by atoms with Crippen molar-refractivity contribution in [3.05, 3.63) is 23.8 Å². The molecule has 0 saturated carbocycles. The lowest BCUT2D eigenvalue weighted by Crippen LogP contribution is -2.35. The minimum Gasteiger partial charge on any atom is -0.486 e. The number of hydrogen-bond acceptors (Lipinski definition) is 4. The summed E-state index contributed by atoms with van der Waals surface area (Å²) in [7, 11) is 1.85. The highest BCUT2D eigenvalue weighted by Gasteiger charge is 2.13. The Labute approximate surface area is 131 Å². The van der Waals surface area contributed by atoms with Gasteiger partial charge in [-0.05, 0) is 31.2 Å². The molecule has 0 fully saturated rings. The standard InChI is InChI=1S/C15H22N2O3.ClH/c1-11(10-16-2)15(18)17-6-5-12-3-4-13-14(9-12)20-8-7-19-13;/h3-4,9,11,16H,5-8,10H2,1-2H3,(H,17,18);1H. The van der Waals surface area contributed by atoms with Crippen LogP contribution in [0, 0.1) is 5.92 Å². The van der Waals surface area contributed by atoms with E-state index in [1.165, 1.54) is 0 Å². The minimum absolute atomic E-state index is 0. The number of rotatable bonds is 6. The molecule has 1 aliphatic heterocycles. The third kappa shape index (κ3) is 5.10. The Balaban J connectivity index is 0.00000220. The second kappa shape index (κ2) is 8.74. The Hall–Kier alpha value is -1.46. The van der Waals surface area contributed by atoms with Crippen LogP contribution < -0.4 is 20.1 Å². The van der Waals surface area contributed by atoms with Crippen molar-refractivity contribution in [1.82, 2.24) is 10.6 Å². The molecule has 6 heteroatoms. The molecule has 21 heavy (non-hydrogen) atoms. The van der Waals surface area contributed by atoms with E-state index in [9.17, 15) is 4.79 Å². The molecule has 1 heterocycles. The lowest BCUT2D eigenvalue weighted by Gasteiger charge is -2.19. The molecule has 1 aromatic carbocycles. The van der Waals surface area contributed by atoms with Crippen LogP contribution in [0.2, 0.25) is 0 Å². The average Bonchev–Trinajstić information content (AvgIpc) is 2.47. The van der Waals surface area contributed by atoms with Crippen LogP contribution in [0.15, 0.2) is 18.2 Å². The van der Waals surface area contributed by atoms with Crippen LogP contribution in [0.5, 0.6) is 11.5 Å². The molecule has 1 aliphatic rings. The summed E-state index contributed by atoms with van der Waals surface area (Å²) >= 11 is 0. The first-order valence-corrected chi connectivity index (χ1v) is 7.01. The Kier molecular flexibility index (Phi) is 7.32. The number of carbonyl (C=O) groups is 1. The predicted molar refractivity (Wildman–Crippen MR) is 84.5 cm³/mol. The molecule has 0 aromatic heterocycles. The summed E-state index contributed by atoms with van der Waals surface area (Å²) in [5.41, 5.74) is 1.14. The number of benzene rings is 1. The highest BCUT2D eigenvalue weighted by atomic mass is 35.5. The largest absolute Gasteiger partial charge is 0.486 e. The van der Waals surface area contributed by atoms with Gasteiger partial charge in [-0.15, -0.1) is 12.4 Å². The van der Waals surface area contributed by atoms with Gasteiger partial charge in [0.2, 0.25) is 5.91 Å². The van der Waals surface area contributed by atoms with E-state index in [0.29, 0.717) is 26.3 Å². The molecule has 0 saturated heterocycles. The van der Waals surface area contributed by atoms with Gasteiger partial charge >= 0.3 is 0 Å². The summed E-state index contributed by atoms with van der Waals surface area (Å²) in [5, 5.41) is 5.94. The number of nitrogens with one attached hydrogen (secondary N) is 2. The van der Waals surface area contributed by atoms with E-state index in [1.54, 1.807) is 0 Å². The van der Waals surface area contributed by atoms with E-state index >= 15 is 0 Å². The van der Waals surface area contributed by atoms with E-state index in [1.807, 2.05) is 32.2 Å². The number of halogens is 1. The summed E-state index contributed by atoms with van der Waals surface area (Å²) in [6, 6.07) is 5.92. The summed E-state index contributed by atoms with van der Waals surface area (Å²) in [5.74, 6) is 1.66. The van der Waals surface area contributed by atoms with E-state index in [-0.39, 0.29) is 24.2 Å². The predicted octanol–water partition coefficient (Wildman–Crippen LogP) is 1.39. The van der Waals surface area contributed by atoms with Gasteiger partial charge in [0.15, 0.2) is 11.5 Å². The van der Waals surface area contributed by atoms with Crippen LogP contribution in [0.3, 0.4) is 0 Å². The Morgan fingerprint density at radius 2 is 2.00 bits per heavy atom. The van der Waals surface area contributed by atoms with E-state index in [2.05, 4.69) is 10.6 Å². The zero-order chi connectivity index (χ0) is 14.4. The minimum atomic E-state index is -0.0136. The molecule has 0 radical (unpaired) electrons. The van der Waals surface area contributed by atoms with Gasteiger partial charge in [-0.1, -0.05) is 13.0 Å². The zero-order valence-electron chi connectivity index (χ0n) is 12.5. The molecule has 1 unspecified atom stereocenters. The third-order valence-electron chi connectivity index (χ3n) is 3.28. The lowest BCUT2D eigenvalue weighted by molar-refractivity contribution is -0.124. The van der Waals surface area contributed by atoms with E-state index < -0.39 is 0 Å². The second-order valence-electron chi connectivity index (χ2n) is 4.98. The smallest absolute Gasteiger partial charge is 0.224 e. The molecule has 0 bridgehead atoms. The SMILES string of the molecule is CNCC(C)C(=O)NCCc1ccc2c(c1)OCCO2.Cl. The number of hydrogen-bond donors (Lipinski definition) is 2. The first kappa shape index (κ1) is 17.6. The quantitative estimate of drug-likeness (QED) is 0.833. The average molecular weight is 315 g/mol. The van der Waals surface area contributed by atoms with Crippen molar-refractivity contribution in [1.29, 1.82) is 0 Å². The summed E-state index contributed by atoms with van der Waals surface area (Å²) < 4.78 is 11.0. The van der Waals surface area contributed by atoms with Crippen molar-refractivity contribution in [2.75, 3.05) is 33.4 Å². The fraction of sp³-hybridized carbons (Fsp3) is 0.533. The molecule has 5 nitrogen and oxygen atoms in total. The van der Waals surface area contributed by atoms with Gasteiger partial charge in [-0.3, -0.25) is 4.79 Å². The highest BCUT2D eigenvalue weighted by molar-refractivity contribution is 5.85. The second-order valence-corrected chi connectivity index (χ2v) is 4.98. The lowest BCUT2D eigenvalue weighted by atomic mass is 10.1. The first-order chi connectivity index (χ1) is 9.70. The molecule has 1 atom stereocenters. The van der Waals surface area contributed by atoms with Gasteiger partial charge in [0.25, 0.3) is 0 Å². The van der Waals surface area contributed by atoms with Crippen molar-refractivity contribution in [3.8, 4) is 11.5 Å². The summed E-state index contributed by atoms with van der Waals surface area (Å²) in [4.78, 5) is 11.8. The fourth-order valence-corrected chi connectivity index (χ4v) is 2.15. The molecule has 1 aromatic rings. The van der Waals surface area contributed by atoms with Crippen LogP contribution in [0.4, 0.5) is 0 Å². The number of ether oxygens (including phenoxy) is 2. The molecular formula is C15H23ClN2O3. The van der Waals surface area contributed by atoms with Crippen LogP contribution in [-0.4, -0.2) is 39.3 Å². The Bertz CT molecular complexity index is 468. The van der Waals surface area contributed by atoms with Gasteiger partial charge in [0, 0.05) is 19.0 Å². The fourth-order valence-electron chi connectivity index (χ4n) is 2.15. The molecular weight excluding hydrogens is 292 g/mol. The van der Waals surface area contributed by atoms with Gasteiger partial charge in [-0.25, -0.2) is 0 Å². The number of amides is 1. The monoisotopic (exact) mass is 314 g/mol. The molecule has 0 spiro atoms. The van der Waals surface area contributed by atoms with E-state index in [0.717, 1.165) is 23.5 Å². The first-order valence-electron chi connectivity index (χ1n) is 7.01. The molecule has 2 N–H and O–H groups in total. The van der Waals surface area contributed by atoms with Gasteiger partial charge in [0.1, 0.15) is 13.2 Å². The van der Waals surface area contributed by atoms with Crippen LogP contribution in [-0.2, 0) is 11.2 Å². The molecule has 1 amide bonds. The third-order valence-corrected chi connectivity index (χ3v) is 3.28. The molecule has 118 valence electrons. The maximum absolute atomic E-state index is 11.8. The van der Waals surface area contributed by atoms with Gasteiger partial charge in [-0.2, -0.15) is 0 Å². The maximum Gasteiger partial charge on any atom is 0.224 e. The van der Waals surface area contributed by atoms with Crippen molar-refractivity contribution in [2.24, 2.45) is 5.92 Å². The maximum atomic E-state index is 11.8. The van der Waals surface area contributed by atoms with Crippen molar-refractivity contribution >= 4 is 18.3 Å². The normalized spacial score (nSPS) is 14.0. The zero-order valence-corrected chi connectivity index (χ0v) is 13.3. The van der Waals surface area contributed by atoms with Gasteiger partial charge in [0.05, 0.1) is 0 Å². The van der Waals surface area contributed by atoms with Crippen molar-refractivity contribution < 1.29 is 14.3 Å². The van der Waals surface area contributed by atoms with Crippen molar-refractivity contribution in [2.45, 2.75) is 13.3 Å².